The SMILES string of the molecule is CCOc1cccc(NC(=O)C[C@H]2SC(=Nc3ccccc3F)N(Cc3ccc(OC)cc3)C2=O)c1. The van der Waals surface area contributed by atoms with Gasteiger partial charge in [0.1, 0.15) is 28.3 Å². The van der Waals surface area contributed by atoms with Gasteiger partial charge in [-0.3, -0.25) is 14.5 Å². The molecule has 1 saturated heterocycles. The largest absolute Gasteiger partial charge is 0.497 e. The van der Waals surface area contributed by atoms with Crippen LogP contribution in [-0.4, -0.2) is 40.8 Å². The molecule has 1 aliphatic heterocycles. The Kier molecular flexibility index (Phi) is 8.22. The van der Waals surface area contributed by atoms with Crippen molar-refractivity contribution in [2.24, 2.45) is 4.99 Å². The van der Waals surface area contributed by atoms with E-state index in [0.717, 1.165) is 17.3 Å². The van der Waals surface area contributed by atoms with Crippen molar-refractivity contribution in [3.63, 3.8) is 0 Å². The number of nitrogens with zero attached hydrogens (tertiary/aromatic N) is 2. The van der Waals surface area contributed by atoms with E-state index < -0.39 is 11.1 Å². The van der Waals surface area contributed by atoms with Crippen molar-refractivity contribution in [1.29, 1.82) is 0 Å². The fourth-order valence-corrected chi connectivity index (χ4v) is 4.79. The molecule has 0 unspecified atom stereocenters. The minimum atomic E-state index is -0.691. The lowest BCUT2D eigenvalue weighted by molar-refractivity contribution is -0.128. The van der Waals surface area contributed by atoms with Crippen LogP contribution in [0.1, 0.15) is 18.9 Å². The zero-order valence-corrected chi connectivity index (χ0v) is 20.8. The molecule has 0 bridgehead atoms. The highest BCUT2D eigenvalue weighted by Gasteiger charge is 2.39. The fourth-order valence-electron chi connectivity index (χ4n) is 3.64. The van der Waals surface area contributed by atoms with Crippen LogP contribution in [0.25, 0.3) is 0 Å². The van der Waals surface area contributed by atoms with Gasteiger partial charge >= 0.3 is 0 Å². The van der Waals surface area contributed by atoms with Gasteiger partial charge in [-0.2, -0.15) is 0 Å². The molecule has 186 valence electrons. The molecule has 1 heterocycles. The van der Waals surface area contributed by atoms with Crippen molar-refractivity contribution in [3.05, 3.63) is 84.2 Å². The van der Waals surface area contributed by atoms with Gasteiger partial charge in [-0.25, -0.2) is 9.38 Å². The number of para-hydroxylation sites is 1. The monoisotopic (exact) mass is 507 g/mol. The lowest BCUT2D eigenvalue weighted by Crippen LogP contribution is -2.33. The molecule has 4 rings (SSSR count). The molecule has 0 spiro atoms. The van der Waals surface area contributed by atoms with Gasteiger partial charge in [0.25, 0.3) is 0 Å². The Bertz CT molecular complexity index is 1270. The summed E-state index contributed by atoms with van der Waals surface area (Å²) in [5.41, 5.74) is 1.56. The number of carbonyl (C=O) groups is 2. The maximum absolute atomic E-state index is 14.3. The van der Waals surface area contributed by atoms with E-state index in [1.54, 1.807) is 61.7 Å². The molecular weight excluding hydrogens is 481 g/mol. The van der Waals surface area contributed by atoms with Crippen LogP contribution in [0.15, 0.2) is 77.8 Å². The Balaban J connectivity index is 1.53. The third-order valence-corrected chi connectivity index (χ3v) is 6.56. The molecule has 0 aromatic heterocycles. The molecule has 2 amide bonds. The van der Waals surface area contributed by atoms with E-state index in [9.17, 15) is 14.0 Å². The minimum Gasteiger partial charge on any atom is -0.497 e. The molecule has 7 nitrogen and oxygen atoms in total. The fraction of sp³-hybridized carbons (Fsp3) is 0.222. The van der Waals surface area contributed by atoms with Gasteiger partial charge in [-0.15, -0.1) is 0 Å². The highest BCUT2D eigenvalue weighted by Crippen LogP contribution is 2.34. The lowest BCUT2D eigenvalue weighted by atomic mass is 10.2. The number of thioether (sulfide) groups is 1. The summed E-state index contributed by atoms with van der Waals surface area (Å²) in [7, 11) is 1.58. The summed E-state index contributed by atoms with van der Waals surface area (Å²) < 4.78 is 25.0. The number of halogens is 1. The maximum Gasteiger partial charge on any atom is 0.242 e. The van der Waals surface area contributed by atoms with E-state index >= 15 is 0 Å². The summed E-state index contributed by atoms with van der Waals surface area (Å²) in [6.45, 7) is 2.63. The van der Waals surface area contributed by atoms with Crippen molar-refractivity contribution in [3.8, 4) is 11.5 Å². The second-order valence-electron chi connectivity index (χ2n) is 7.94. The van der Waals surface area contributed by atoms with E-state index in [1.165, 1.54) is 11.0 Å². The van der Waals surface area contributed by atoms with E-state index in [-0.39, 0.29) is 30.5 Å². The number of hydrogen-bond acceptors (Lipinski definition) is 6. The van der Waals surface area contributed by atoms with Crippen molar-refractivity contribution in [1.82, 2.24) is 4.90 Å². The normalized spacial score (nSPS) is 16.3. The number of hydrogen-bond donors (Lipinski definition) is 1. The molecule has 3 aromatic carbocycles. The Hall–Kier alpha value is -3.85. The Morgan fingerprint density at radius 2 is 1.86 bits per heavy atom. The summed E-state index contributed by atoms with van der Waals surface area (Å²) >= 11 is 1.16. The predicted molar refractivity (Wildman–Crippen MR) is 139 cm³/mol. The number of aliphatic imine (C=N–C) groups is 1. The average molecular weight is 508 g/mol. The van der Waals surface area contributed by atoms with Gasteiger partial charge in [0.05, 0.1) is 20.3 Å². The van der Waals surface area contributed by atoms with E-state index in [2.05, 4.69) is 10.3 Å². The van der Waals surface area contributed by atoms with Crippen molar-refractivity contribution >= 4 is 40.1 Å². The van der Waals surface area contributed by atoms with Crippen molar-refractivity contribution in [2.75, 3.05) is 19.0 Å². The third-order valence-electron chi connectivity index (χ3n) is 5.39. The van der Waals surface area contributed by atoms with Crippen LogP contribution in [-0.2, 0) is 16.1 Å². The Morgan fingerprint density at radius 1 is 1.08 bits per heavy atom. The number of carbonyl (C=O) groups excluding carboxylic acids is 2. The van der Waals surface area contributed by atoms with Gasteiger partial charge in [0, 0.05) is 18.2 Å². The molecule has 1 aliphatic rings. The van der Waals surface area contributed by atoms with Crippen LogP contribution in [0.5, 0.6) is 11.5 Å². The van der Waals surface area contributed by atoms with Crippen LogP contribution in [0, 0.1) is 5.82 Å². The molecule has 3 aromatic rings. The predicted octanol–water partition coefficient (Wildman–Crippen LogP) is 5.39. The molecule has 9 heteroatoms. The van der Waals surface area contributed by atoms with Gasteiger partial charge in [0.2, 0.25) is 11.8 Å². The minimum absolute atomic E-state index is 0.0578. The number of benzene rings is 3. The maximum atomic E-state index is 14.3. The molecule has 0 radical (unpaired) electrons. The molecule has 1 fully saturated rings. The number of methoxy groups -OCH3 is 1. The van der Waals surface area contributed by atoms with Crippen LogP contribution in [0.2, 0.25) is 0 Å². The summed E-state index contributed by atoms with van der Waals surface area (Å²) in [4.78, 5) is 32.1. The quantitative estimate of drug-likeness (QED) is 0.420. The van der Waals surface area contributed by atoms with Crippen LogP contribution in [0.4, 0.5) is 15.8 Å². The highest BCUT2D eigenvalue weighted by atomic mass is 32.2. The number of anilines is 1. The van der Waals surface area contributed by atoms with E-state index in [0.29, 0.717) is 29.0 Å². The Labute approximate surface area is 213 Å². The number of rotatable bonds is 9. The van der Waals surface area contributed by atoms with Gasteiger partial charge < -0.3 is 14.8 Å². The first-order chi connectivity index (χ1) is 17.5. The smallest absolute Gasteiger partial charge is 0.242 e. The summed E-state index contributed by atoms with van der Waals surface area (Å²) in [5.74, 6) is 0.281. The number of ether oxygens (including phenoxy) is 2. The molecule has 0 saturated carbocycles. The second-order valence-corrected chi connectivity index (χ2v) is 9.11. The lowest BCUT2D eigenvalue weighted by Gasteiger charge is -2.17. The second kappa shape index (κ2) is 11.7. The highest BCUT2D eigenvalue weighted by molar-refractivity contribution is 8.15. The average Bonchev–Trinajstić information content (AvgIpc) is 3.15. The van der Waals surface area contributed by atoms with Crippen LogP contribution in [0.3, 0.4) is 0 Å². The van der Waals surface area contributed by atoms with E-state index in [1.807, 2.05) is 19.1 Å². The van der Waals surface area contributed by atoms with Crippen LogP contribution >= 0.6 is 11.8 Å². The number of nitrogens with one attached hydrogen (secondary N) is 1. The molecule has 1 N–H and O–H groups in total. The van der Waals surface area contributed by atoms with Gasteiger partial charge in [-0.05, 0) is 48.9 Å². The van der Waals surface area contributed by atoms with Crippen molar-refractivity contribution in [2.45, 2.75) is 25.1 Å². The van der Waals surface area contributed by atoms with Crippen LogP contribution < -0.4 is 14.8 Å². The molecular formula is C27H26FN3O4S. The first kappa shape index (κ1) is 25.2. The zero-order valence-electron chi connectivity index (χ0n) is 19.9. The number of amides is 2. The third kappa shape index (κ3) is 6.23. The summed E-state index contributed by atoms with van der Waals surface area (Å²) in [5, 5.41) is 2.48. The molecule has 0 aliphatic carbocycles. The topological polar surface area (TPSA) is 80.2 Å². The zero-order chi connectivity index (χ0) is 25.5. The first-order valence-corrected chi connectivity index (χ1v) is 12.3. The standard InChI is InChI=1S/C27H26FN3O4S/c1-3-35-21-8-6-7-19(15-21)29-25(32)16-24-26(33)31(17-18-11-13-20(34-2)14-12-18)27(36-24)30-23-10-5-4-9-22(23)28/h4-15,24H,3,16-17H2,1-2H3,(H,29,32)/t24-/m1/s1. The van der Waals surface area contributed by atoms with Crippen molar-refractivity contribution < 1.29 is 23.5 Å². The molecule has 1 atom stereocenters. The molecule has 36 heavy (non-hydrogen) atoms. The summed E-state index contributed by atoms with van der Waals surface area (Å²) in [6.07, 6.45) is -0.0578. The first-order valence-electron chi connectivity index (χ1n) is 11.4. The number of amidine groups is 1. The summed E-state index contributed by atoms with van der Waals surface area (Å²) in [6, 6.07) is 20.5. The Morgan fingerprint density at radius 3 is 2.58 bits per heavy atom. The van der Waals surface area contributed by atoms with E-state index in [4.69, 9.17) is 9.47 Å². The van der Waals surface area contributed by atoms with Gasteiger partial charge in [-0.1, -0.05) is 42.1 Å². The van der Waals surface area contributed by atoms with Gasteiger partial charge in [0.15, 0.2) is 5.17 Å².